The molecule has 0 aromatic rings. The minimum atomic E-state index is -1.83. The van der Waals surface area contributed by atoms with E-state index in [1.165, 1.54) is 6.08 Å². The van der Waals surface area contributed by atoms with Crippen LogP contribution in [0.5, 0.6) is 0 Å². The molecule has 72 valence electrons. The molecule has 2 N–H and O–H groups in total. The summed E-state index contributed by atoms with van der Waals surface area (Å²) in [7, 11) is 0. The van der Waals surface area contributed by atoms with Gasteiger partial charge >= 0.3 is 6.16 Å². The van der Waals surface area contributed by atoms with Gasteiger partial charge < -0.3 is 10.2 Å². The molecule has 0 radical (unpaired) electrons. The SMILES string of the molecule is C=CC(Cl)C(Cl)(Cl)Cl.O=C(O)O. The Morgan fingerprint density at radius 1 is 1.42 bits per heavy atom. The molecule has 3 nitrogen and oxygen atoms in total. The number of halogens is 4. The predicted molar refractivity (Wildman–Crippen MR) is 50.8 cm³/mol. The molecule has 0 spiro atoms. The zero-order valence-electron chi connectivity index (χ0n) is 5.68. The maximum absolute atomic E-state index is 8.56. The molecule has 0 saturated carbocycles. The highest BCUT2D eigenvalue weighted by atomic mass is 35.6. The van der Waals surface area contributed by atoms with E-state index in [0.29, 0.717) is 0 Å². The standard InChI is InChI=1S/C4H4Cl4.CH2O3/c1-2-3(5)4(6,7)8;2-1(3)4/h2-3H,1H2;(H2,2,3,4). The van der Waals surface area contributed by atoms with Gasteiger partial charge in [-0.3, -0.25) is 0 Å². The number of hydrogen-bond acceptors (Lipinski definition) is 1. The van der Waals surface area contributed by atoms with Crippen LogP contribution < -0.4 is 0 Å². The molecule has 0 aromatic carbocycles. The highest BCUT2D eigenvalue weighted by molar-refractivity contribution is 6.70. The van der Waals surface area contributed by atoms with Crippen LogP contribution in [0.25, 0.3) is 0 Å². The fourth-order valence-corrected chi connectivity index (χ4v) is 0.401. The lowest BCUT2D eigenvalue weighted by Gasteiger charge is -2.12. The van der Waals surface area contributed by atoms with Crippen LogP contribution in [0, 0.1) is 0 Å². The van der Waals surface area contributed by atoms with Gasteiger partial charge in [0, 0.05) is 0 Å². The molecule has 0 saturated heterocycles. The average Bonchev–Trinajstić information content (AvgIpc) is 1.82. The van der Waals surface area contributed by atoms with Gasteiger partial charge in [-0.2, -0.15) is 0 Å². The van der Waals surface area contributed by atoms with Gasteiger partial charge in [0.1, 0.15) is 0 Å². The summed E-state index contributed by atoms with van der Waals surface area (Å²) in [6.45, 7) is 3.34. The first-order valence-corrected chi connectivity index (χ1v) is 4.04. The topological polar surface area (TPSA) is 57.5 Å². The van der Waals surface area contributed by atoms with Crippen LogP contribution in [0.2, 0.25) is 0 Å². The number of allylic oxidation sites excluding steroid dienone is 1. The summed E-state index contributed by atoms with van der Waals surface area (Å²) in [5.41, 5.74) is 0. The van der Waals surface area contributed by atoms with E-state index in [-0.39, 0.29) is 0 Å². The molecule has 0 heterocycles. The summed E-state index contributed by atoms with van der Waals surface area (Å²) in [5, 5.41) is 13.3. The molecular formula is C5H6Cl4O3. The van der Waals surface area contributed by atoms with E-state index < -0.39 is 15.3 Å². The van der Waals surface area contributed by atoms with Crippen molar-refractivity contribution < 1.29 is 15.0 Å². The molecule has 7 heteroatoms. The van der Waals surface area contributed by atoms with Gasteiger partial charge in [0.15, 0.2) is 0 Å². The zero-order chi connectivity index (χ0) is 10.4. The van der Waals surface area contributed by atoms with Crippen molar-refractivity contribution in [1.29, 1.82) is 0 Å². The van der Waals surface area contributed by atoms with Gasteiger partial charge in [-0.15, -0.1) is 18.2 Å². The molecule has 0 aliphatic carbocycles. The number of alkyl halides is 4. The molecule has 0 aliphatic heterocycles. The number of rotatable bonds is 1. The number of hydrogen-bond donors (Lipinski definition) is 2. The Hall–Kier alpha value is 0.170. The molecular weight excluding hydrogens is 250 g/mol. The van der Waals surface area contributed by atoms with Crippen LogP contribution in [-0.2, 0) is 0 Å². The Morgan fingerprint density at radius 3 is 1.67 bits per heavy atom. The average molecular weight is 256 g/mol. The summed E-state index contributed by atoms with van der Waals surface area (Å²) in [6, 6.07) is 0. The van der Waals surface area contributed by atoms with Gasteiger partial charge in [0.2, 0.25) is 3.79 Å². The fourth-order valence-electron chi connectivity index (χ4n) is 0.134. The largest absolute Gasteiger partial charge is 0.503 e. The van der Waals surface area contributed by atoms with Crippen molar-refractivity contribution in [2.24, 2.45) is 0 Å². The molecule has 0 fully saturated rings. The van der Waals surface area contributed by atoms with E-state index in [1.807, 2.05) is 0 Å². The number of carbonyl (C=O) groups is 1. The Labute approximate surface area is 89.5 Å². The molecule has 1 unspecified atom stereocenters. The lowest BCUT2D eigenvalue weighted by atomic mass is 10.5. The molecule has 0 aliphatic rings. The van der Waals surface area contributed by atoms with Crippen molar-refractivity contribution in [2.45, 2.75) is 9.17 Å². The molecule has 0 amide bonds. The van der Waals surface area contributed by atoms with E-state index in [9.17, 15) is 0 Å². The quantitative estimate of drug-likeness (QED) is 0.558. The molecule has 0 aromatic heterocycles. The second-order valence-corrected chi connectivity index (χ2v) is 4.30. The van der Waals surface area contributed by atoms with Crippen LogP contribution in [0.1, 0.15) is 0 Å². The Balaban J connectivity index is 0. The highest BCUT2D eigenvalue weighted by Gasteiger charge is 2.27. The van der Waals surface area contributed by atoms with Crippen LogP contribution in [0.3, 0.4) is 0 Å². The van der Waals surface area contributed by atoms with Crippen LogP contribution in [0.15, 0.2) is 12.7 Å². The second-order valence-electron chi connectivity index (χ2n) is 1.46. The van der Waals surface area contributed by atoms with Crippen LogP contribution >= 0.6 is 46.4 Å². The molecule has 12 heavy (non-hydrogen) atoms. The number of carboxylic acid groups (broad SMARTS) is 2. The first-order valence-electron chi connectivity index (χ1n) is 2.47. The molecule has 1 atom stereocenters. The van der Waals surface area contributed by atoms with Crippen molar-refractivity contribution in [3.05, 3.63) is 12.7 Å². The van der Waals surface area contributed by atoms with Crippen molar-refractivity contribution in [1.82, 2.24) is 0 Å². The van der Waals surface area contributed by atoms with Crippen LogP contribution in [0.4, 0.5) is 4.79 Å². The summed E-state index contributed by atoms with van der Waals surface area (Å²) < 4.78 is -1.43. The lowest BCUT2D eigenvalue weighted by Crippen LogP contribution is -2.15. The Kier molecular flexibility index (Phi) is 8.15. The third-order valence-electron chi connectivity index (χ3n) is 0.520. The third-order valence-corrected chi connectivity index (χ3v) is 2.07. The minimum absolute atomic E-state index is 0.618. The van der Waals surface area contributed by atoms with Gasteiger partial charge in [0.05, 0.1) is 5.38 Å². The lowest BCUT2D eigenvalue weighted by molar-refractivity contribution is 0.137. The zero-order valence-corrected chi connectivity index (χ0v) is 8.70. The van der Waals surface area contributed by atoms with Crippen molar-refractivity contribution in [3.63, 3.8) is 0 Å². The summed E-state index contributed by atoms with van der Waals surface area (Å²) in [5.74, 6) is 0. The van der Waals surface area contributed by atoms with Gasteiger partial charge in [0.25, 0.3) is 0 Å². The van der Waals surface area contributed by atoms with Gasteiger partial charge in [-0.25, -0.2) is 4.79 Å². The second kappa shape index (κ2) is 6.66. The monoisotopic (exact) mass is 254 g/mol. The van der Waals surface area contributed by atoms with Crippen molar-refractivity contribution >= 4 is 52.6 Å². The normalized spacial score (nSPS) is 12.3. The van der Waals surface area contributed by atoms with Gasteiger partial charge in [-0.1, -0.05) is 40.9 Å². The predicted octanol–water partition coefficient (Wildman–Crippen LogP) is 3.37. The fraction of sp³-hybridized carbons (Fsp3) is 0.400. The Bertz CT molecular complexity index is 149. The van der Waals surface area contributed by atoms with Crippen molar-refractivity contribution in [2.75, 3.05) is 0 Å². The van der Waals surface area contributed by atoms with E-state index >= 15 is 0 Å². The maximum atomic E-state index is 8.56. The molecule has 0 rings (SSSR count). The minimum Gasteiger partial charge on any atom is -0.450 e. The summed E-state index contributed by atoms with van der Waals surface area (Å²) in [6.07, 6.45) is -0.464. The van der Waals surface area contributed by atoms with Crippen LogP contribution in [-0.4, -0.2) is 25.5 Å². The highest BCUT2D eigenvalue weighted by Crippen LogP contribution is 2.33. The van der Waals surface area contributed by atoms with E-state index in [0.717, 1.165) is 0 Å². The smallest absolute Gasteiger partial charge is 0.450 e. The van der Waals surface area contributed by atoms with Gasteiger partial charge in [-0.05, 0) is 0 Å². The first kappa shape index (κ1) is 14.7. The first-order chi connectivity index (χ1) is 5.21. The van der Waals surface area contributed by atoms with E-state index in [4.69, 9.17) is 61.4 Å². The Morgan fingerprint density at radius 2 is 1.67 bits per heavy atom. The maximum Gasteiger partial charge on any atom is 0.503 e. The summed E-state index contributed by atoms with van der Waals surface area (Å²) >= 11 is 21.4. The van der Waals surface area contributed by atoms with Crippen molar-refractivity contribution in [3.8, 4) is 0 Å². The summed E-state index contributed by atoms with van der Waals surface area (Å²) in [4.78, 5) is 8.56. The van der Waals surface area contributed by atoms with E-state index in [2.05, 4.69) is 6.58 Å². The third kappa shape index (κ3) is 12.8. The van der Waals surface area contributed by atoms with E-state index in [1.54, 1.807) is 0 Å². The molecule has 0 bridgehead atoms.